The predicted molar refractivity (Wildman–Crippen MR) is 75.3 cm³/mol. The highest BCUT2D eigenvalue weighted by Crippen LogP contribution is 2.25. The lowest BCUT2D eigenvalue weighted by atomic mass is 9.97. The fraction of sp³-hybridized carbons (Fsp3) is 0.533. The SMILES string of the molecule is COc1ccccc1OCCN1CCC(C(=O)O)CC1. The van der Waals surface area contributed by atoms with Crippen molar-refractivity contribution >= 4 is 5.97 Å². The van der Waals surface area contributed by atoms with Gasteiger partial charge in [0.25, 0.3) is 0 Å². The molecule has 5 heteroatoms. The Labute approximate surface area is 119 Å². The molecule has 0 radical (unpaired) electrons. The maximum Gasteiger partial charge on any atom is 0.306 e. The van der Waals surface area contributed by atoms with Crippen molar-refractivity contribution < 1.29 is 19.4 Å². The molecule has 1 heterocycles. The van der Waals surface area contributed by atoms with Crippen LogP contribution in [0.3, 0.4) is 0 Å². The van der Waals surface area contributed by atoms with Gasteiger partial charge < -0.3 is 14.6 Å². The van der Waals surface area contributed by atoms with Crippen molar-refractivity contribution in [2.24, 2.45) is 5.92 Å². The van der Waals surface area contributed by atoms with E-state index < -0.39 is 5.97 Å². The third kappa shape index (κ3) is 3.87. The summed E-state index contributed by atoms with van der Waals surface area (Å²) in [5.41, 5.74) is 0. The maximum absolute atomic E-state index is 10.9. The van der Waals surface area contributed by atoms with Gasteiger partial charge in [-0.2, -0.15) is 0 Å². The quantitative estimate of drug-likeness (QED) is 0.861. The molecule has 1 fully saturated rings. The largest absolute Gasteiger partial charge is 0.493 e. The van der Waals surface area contributed by atoms with Crippen LogP contribution in [-0.2, 0) is 4.79 Å². The van der Waals surface area contributed by atoms with Gasteiger partial charge in [-0.15, -0.1) is 0 Å². The van der Waals surface area contributed by atoms with Gasteiger partial charge in [-0.1, -0.05) is 12.1 Å². The van der Waals surface area contributed by atoms with E-state index in [-0.39, 0.29) is 5.92 Å². The number of carboxylic acid groups (broad SMARTS) is 1. The van der Waals surface area contributed by atoms with Crippen molar-refractivity contribution in [2.45, 2.75) is 12.8 Å². The molecular formula is C15H21NO4. The molecular weight excluding hydrogens is 258 g/mol. The van der Waals surface area contributed by atoms with Crippen LogP contribution >= 0.6 is 0 Å². The number of hydrogen-bond donors (Lipinski definition) is 1. The second kappa shape index (κ2) is 7.14. The van der Waals surface area contributed by atoms with E-state index in [1.165, 1.54) is 0 Å². The second-order valence-corrected chi connectivity index (χ2v) is 4.95. The third-order valence-corrected chi connectivity index (χ3v) is 3.67. The van der Waals surface area contributed by atoms with E-state index in [4.69, 9.17) is 14.6 Å². The normalized spacial score (nSPS) is 16.9. The molecule has 0 spiro atoms. The van der Waals surface area contributed by atoms with E-state index in [0.29, 0.717) is 6.61 Å². The third-order valence-electron chi connectivity index (χ3n) is 3.67. The Hall–Kier alpha value is -1.75. The summed E-state index contributed by atoms with van der Waals surface area (Å²) in [7, 11) is 1.62. The van der Waals surface area contributed by atoms with E-state index in [0.717, 1.165) is 44.0 Å². The van der Waals surface area contributed by atoms with Gasteiger partial charge in [0.2, 0.25) is 0 Å². The zero-order chi connectivity index (χ0) is 14.4. The van der Waals surface area contributed by atoms with Crippen LogP contribution < -0.4 is 9.47 Å². The summed E-state index contributed by atoms with van der Waals surface area (Å²) >= 11 is 0. The maximum atomic E-state index is 10.9. The topological polar surface area (TPSA) is 59.0 Å². The number of nitrogens with zero attached hydrogens (tertiary/aromatic N) is 1. The first-order valence-corrected chi connectivity index (χ1v) is 6.91. The summed E-state index contributed by atoms with van der Waals surface area (Å²) in [5.74, 6) is 0.629. The Morgan fingerprint density at radius 1 is 1.30 bits per heavy atom. The van der Waals surface area contributed by atoms with Crippen molar-refractivity contribution in [2.75, 3.05) is 33.4 Å². The molecule has 2 rings (SSSR count). The summed E-state index contributed by atoms with van der Waals surface area (Å²) in [6, 6.07) is 7.57. The minimum atomic E-state index is -0.671. The summed E-state index contributed by atoms with van der Waals surface area (Å²) in [4.78, 5) is 13.1. The number of hydrogen-bond acceptors (Lipinski definition) is 4. The summed E-state index contributed by atoms with van der Waals surface area (Å²) in [5, 5.41) is 8.95. The highest BCUT2D eigenvalue weighted by Gasteiger charge is 2.24. The minimum absolute atomic E-state index is 0.179. The first kappa shape index (κ1) is 14.7. The molecule has 0 amide bonds. The smallest absolute Gasteiger partial charge is 0.306 e. The number of carboxylic acids is 1. The van der Waals surface area contributed by atoms with Crippen LogP contribution in [0.4, 0.5) is 0 Å². The van der Waals surface area contributed by atoms with E-state index in [1.807, 2.05) is 24.3 Å². The van der Waals surface area contributed by atoms with Gasteiger partial charge in [-0.3, -0.25) is 9.69 Å². The molecule has 1 aliphatic heterocycles. The van der Waals surface area contributed by atoms with Crippen molar-refractivity contribution in [1.29, 1.82) is 0 Å². The number of piperidine rings is 1. The molecule has 0 bridgehead atoms. The molecule has 20 heavy (non-hydrogen) atoms. The number of ether oxygens (including phenoxy) is 2. The molecule has 1 aromatic carbocycles. The highest BCUT2D eigenvalue weighted by molar-refractivity contribution is 5.70. The molecule has 1 N–H and O–H groups in total. The zero-order valence-electron chi connectivity index (χ0n) is 11.7. The van der Waals surface area contributed by atoms with Gasteiger partial charge in [0, 0.05) is 6.54 Å². The van der Waals surface area contributed by atoms with Crippen LogP contribution in [0.15, 0.2) is 24.3 Å². The fourth-order valence-electron chi connectivity index (χ4n) is 2.43. The van der Waals surface area contributed by atoms with Gasteiger partial charge in [0.05, 0.1) is 13.0 Å². The molecule has 0 aromatic heterocycles. The molecule has 1 aliphatic rings. The second-order valence-electron chi connectivity index (χ2n) is 4.95. The summed E-state index contributed by atoms with van der Waals surface area (Å²) in [6.45, 7) is 3.04. The van der Waals surface area contributed by atoms with Gasteiger partial charge in [0.1, 0.15) is 6.61 Å². The number of para-hydroxylation sites is 2. The van der Waals surface area contributed by atoms with Gasteiger partial charge >= 0.3 is 5.97 Å². The number of aliphatic carboxylic acids is 1. The highest BCUT2D eigenvalue weighted by atomic mass is 16.5. The lowest BCUT2D eigenvalue weighted by Gasteiger charge is -2.29. The average Bonchev–Trinajstić information content (AvgIpc) is 2.48. The molecule has 0 saturated carbocycles. The van der Waals surface area contributed by atoms with E-state index in [2.05, 4.69) is 4.90 Å². The van der Waals surface area contributed by atoms with Gasteiger partial charge in [0.15, 0.2) is 11.5 Å². The monoisotopic (exact) mass is 279 g/mol. The minimum Gasteiger partial charge on any atom is -0.493 e. The van der Waals surface area contributed by atoms with Gasteiger partial charge in [-0.05, 0) is 38.1 Å². The Bertz CT molecular complexity index is 441. The molecule has 1 aromatic rings. The van der Waals surface area contributed by atoms with Crippen LogP contribution in [0.1, 0.15) is 12.8 Å². The summed E-state index contributed by atoms with van der Waals surface area (Å²) in [6.07, 6.45) is 1.45. The van der Waals surface area contributed by atoms with Crippen LogP contribution in [0, 0.1) is 5.92 Å². The van der Waals surface area contributed by atoms with Crippen molar-refractivity contribution in [3.05, 3.63) is 24.3 Å². The van der Waals surface area contributed by atoms with Gasteiger partial charge in [-0.25, -0.2) is 0 Å². The summed E-state index contributed by atoms with van der Waals surface area (Å²) < 4.78 is 10.9. The predicted octanol–water partition coefficient (Wildman–Crippen LogP) is 1.87. The molecule has 5 nitrogen and oxygen atoms in total. The van der Waals surface area contributed by atoms with E-state index in [1.54, 1.807) is 7.11 Å². The van der Waals surface area contributed by atoms with Crippen LogP contribution in [0.2, 0.25) is 0 Å². The first-order valence-electron chi connectivity index (χ1n) is 6.91. The number of benzene rings is 1. The Morgan fingerprint density at radius 2 is 1.95 bits per heavy atom. The molecule has 110 valence electrons. The van der Waals surface area contributed by atoms with Crippen molar-refractivity contribution in [1.82, 2.24) is 4.90 Å². The Kier molecular flexibility index (Phi) is 5.24. The molecule has 0 unspecified atom stereocenters. The number of carbonyl (C=O) groups is 1. The molecule has 0 atom stereocenters. The Balaban J connectivity index is 1.73. The van der Waals surface area contributed by atoms with Crippen LogP contribution in [0.5, 0.6) is 11.5 Å². The lowest BCUT2D eigenvalue weighted by molar-refractivity contribution is -0.143. The average molecular weight is 279 g/mol. The van der Waals surface area contributed by atoms with Crippen molar-refractivity contribution in [3.8, 4) is 11.5 Å². The van der Waals surface area contributed by atoms with Crippen molar-refractivity contribution in [3.63, 3.8) is 0 Å². The fourth-order valence-corrected chi connectivity index (χ4v) is 2.43. The lowest BCUT2D eigenvalue weighted by Crippen LogP contribution is -2.38. The Morgan fingerprint density at radius 3 is 2.55 bits per heavy atom. The van der Waals surface area contributed by atoms with Crippen LogP contribution in [0.25, 0.3) is 0 Å². The van der Waals surface area contributed by atoms with Crippen LogP contribution in [-0.4, -0.2) is 49.3 Å². The molecule has 1 saturated heterocycles. The van der Waals surface area contributed by atoms with E-state index in [9.17, 15) is 4.79 Å². The zero-order valence-corrected chi connectivity index (χ0v) is 11.7. The number of rotatable bonds is 6. The standard InChI is InChI=1S/C15H21NO4/c1-19-13-4-2-3-5-14(13)20-11-10-16-8-6-12(7-9-16)15(17)18/h2-5,12H,6-11H2,1H3,(H,17,18). The number of likely N-dealkylation sites (tertiary alicyclic amines) is 1. The van der Waals surface area contributed by atoms with E-state index >= 15 is 0 Å². The number of methoxy groups -OCH3 is 1. The first-order chi connectivity index (χ1) is 9.70. The molecule has 0 aliphatic carbocycles.